The summed E-state index contributed by atoms with van der Waals surface area (Å²) in [6.45, 7) is 15.3. The van der Waals surface area contributed by atoms with Crippen molar-refractivity contribution in [2.45, 2.75) is 363 Å². The fourth-order valence-corrected chi connectivity index (χ4v) is 11.9. The van der Waals surface area contributed by atoms with Crippen LogP contribution in [0.25, 0.3) is 0 Å². The number of hydrogen-bond donors (Lipinski definition) is 8. The number of rotatable bonds is 22. The van der Waals surface area contributed by atoms with Crippen LogP contribution < -0.4 is 0 Å². The van der Waals surface area contributed by atoms with Crippen molar-refractivity contribution in [2.24, 2.45) is 5.92 Å². The van der Waals surface area contributed by atoms with Crippen LogP contribution in [0.5, 0.6) is 0 Å². The van der Waals surface area contributed by atoms with Crippen molar-refractivity contribution in [2.75, 3.05) is 0 Å². The highest BCUT2D eigenvalue weighted by atomic mass is 16.8. The van der Waals surface area contributed by atoms with E-state index in [2.05, 4.69) is 13.8 Å². The lowest BCUT2D eigenvalue weighted by molar-refractivity contribution is -0.399. The lowest BCUT2D eigenvalue weighted by atomic mass is 9.95. The summed E-state index contributed by atoms with van der Waals surface area (Å²) in [5.41, 5.74) is 0. The first-order valence-corrected chi connectivity index (χ1v) is 32.2. The van der Waals surface area contributed by atoms with Crippen molar-refractivity contribution < 1.29 is 117 Å². The normalized spacial score (nSPS) is 42.3. The molecule has 85 heavy (non-hydrogen) atoms. The molecule has 24 heteroatoms. The van der Waals surface area contributed by atoms with Gasteiger partial charge in [0.25, 0.3) is 0 Å². The molecular weight excluding hydrogens is 1120 g/mol. The molecule has 27 atom stereocenters. The molecule has 6 aliphatic heterocycles. The van der Waals surface area contributed by atoms with Crippen LogP contribution in [-0.2, 0) is 76.0 Å². The van der Waals surface area contributed by atoms with Gasteiger partial charge in [-0.15, -0.1) is 0 Å². The quantitative estimate of drug-likeness (QED) is 0.0419. The summed E-state index contributed by atoms with van der Waals surface area (Å²) in [4.78, 5) is 41.0. The summed E-state index contributed by atoms with van der Waals surface area (Å²) in [6, 6.07) is 0. The Morgan fingerprint density at radius 3 is 1.67 bits per heavy atom. The SMILES string of the molecule is CCCCCCCCCC(=O)OC1C(OC2C(C)OC3OC4C(OC(CCCCC)CCCCCCCCCC(=O)OC3C2O)OC(C)C(O)C4O)OC(C)C(OC2OC(C)C(OC(=O)C(C)CC)C(O)C2O)C1OC1OC(C)C(O)C(O)C1O. The molecule has 0 aromatic heterocycles. The van der Waals surface area contributed by atoms with Gasteiger partial charge in [-0.25, -0.2) is 0 Å². The fraction of sp³-hybridized carbons (Fsp3) is 0.951. The predicted molar refractivity (Wildman–Crippen MR) is 301 cm³/mol. The summed E-state index contributed by atoms with van der Waals surface area (Å²) in [6.07, 6.45) is -21.4. The fourth-order valence-electron chi connectivity index (χ4n) is 11.9. The van der Waals surface area contributed by atoms with Crippen LogP contribution in [0.15, 0.2) is 0 Å². The molecular formula is C61H106O24. The highest BCUT2D eigenvalue weighted by Gasteiger charge is 2.58. The number of unbranched alkanes of at least 4 members (excludes halogenated alkanes) is 8. The number of esters is 3. The van der Waals surface area contributed by atoms with E-state index in [0.717, 1.165) is 96.3 Å². The minimum Gasteiger partial charge on any atom is -0.457 e. The van der Waals surface area contributed by atoms with E-state index in [1.807, 2.05) is 0 Å². The Balaban J connectivity index is 1.35. The first kappa shape index (κ1) is 71.8. The number of aliphatic hydroxyl groups excluding tert-OH is 8. The van der Waals surface area contributed by atoms with E-state index in [9.17, 15) is 55.2 Å². The molecule has 6 saturated heterocycles. The maximum Gasteiger partial charge on any atom is 0.309 e. The van der Waals surface area contributed by atoms with Gasteiger partial charge in [0, 0.05) is 12.8 Å². The first-order chi connectivity index (χ1) is 40.6. The smallest absolute Gasteiger partial charge is 0.309 e. The van der Waals surface area contributed by atoms with Crippen LogP contribution in [-0.4, -0.2) is 218 Å². The lowest BCUT2D eigenvalue weighted by Crippen LogP contribution is -2.68. The lowest BCUT2D eigenvalue weighted by Gasteiger charge is -2.51. The second-order valence-corrected chi connectivity index (χ2v) is 24.6. The molecule has 6 fully saturated rings. The number of hydrogen-bond acceptors (Lipinski definition) is 24. The highest BCUT2D eigenvalue weighted by molar-refractivity contribution is 5.72. The van der Waals surface area contributed by atoms with Crippen molar-refractivity contribution in [3.8, 4) is 0 Å². The van der Waals surface area contributed by atoms with Crippen molar-refractivity contribution in [1.29, 1.82) is 0 Å². The summed E-state index contributed by atoms with van der Waals surface area (Å²) >= 11 is 0. The topological polar surface area (TPSA) is 333 Å². The van der Waals surface area contributed by atoms with Crippen LogP contribution in [0, 0.1) is 5.92 Å². The van der Waals surface area contributed by atoms with Gasteiger partial charge in [0.15, 0.2) is 49.8 Å². The molecule has 494 valence electrons. The third-order valence-electron chi connectivity index (χ3n) is 17.7. The molecule has 8 N–H and O–H groups in total. The predicted octanol–water partition coefficient (Wildman–Crippen LogP) is 4.55. The highest BCUT2D eigenvalue weighted by Crippen LogP contribution is 2.39. The van der Waals surface area contributed by atoms with Crippen LogP contribution in [0.3, 0.4) is 0 Å². The molecule has 6 aliphatic rings. The molecule has 6 rings (SSSR count). The van der Waals surface area contributed by atoms with Gasteiger partial charge in [0.1, 0.15) is 73.2 Å². The van der Waals surface area contributed by atoms with Crippen molar-refractivity contribution in [3.63, 3.8) is 0 Å². The zero-order chi connectivity index (χ0) is 62.1. The van der Waals surface area contributed by atoms with E-state index < -0.39 is 177 Å². The Hall–Kier alpha value is -2.31. The molecule has 0 radical (unpaired) electrons. The zero-order valence-electron chi connectivity index (χ0n) is 51.8. The number of ether oxygens (including phenoxy) is 13. The first-order valence-electron chi connectivity index (χ1n) is 32.2. The van der Waals surface area contributed by atoms with E-state index >= 15 is 0 Å². The summed E-state index contributed by atoms with van der Waals surface area (Å²) in [5, 5.41) is 91.9. The molecule has 0 aliphatic carbocycles. The Labute approximate surface area is 502 Å². The van der Waals surface area contributed by atoms with Crippen LogP contribution >= 0.6 is 0 Å². The molecule has 6 heterocycles. The standard InChI is InChI=1S/C61H106O24/c1-10-13-15-16-18-22-27-31-40(63)80-55-54(85-57-46(69)43(66)41(64)33(5)73-57)51(83-58-47(70)45(68)49(35(7)75-58)81-56(72)32(4)12-3)37(9)77-61(55)82-50-36(8)76-60-53(48(50)71)79-39(62)30-26-23-20-17-19-21-25-29-38(28-24-14-11-2)78-59-52(84-60)44(67)42(65)34(6)74-59/h32-38,41-55,57-61,64-71H,10-31H2,1-9H3. The van der Waals surface area contributed by atoms with Gasteiger partial charge < -0.3 is 102 Å². The number of carbonyl (C=O) groups is 3. The summed E-state index contributed by atoms with van der Waals surface area (Å²) in [7, 11) is 0. The Bertz CT molecular complexity index is 1950. The number of aliphatic hydroxyl groups is 8. The van der Waals surface area contributed by atoms with E-state index in [-0.39, 0.29) is 18.9 Å². The van der Waals surface area contributed by atoms with E-state index in [1.54, 1.807) is 27.7 Å². The maximum absolute atomic E-state index is 14.2. The van der Waals surface area contributed by atoms with Gasteiger partial charge in [-0.2, -0.15) is 0 Å². The Morgan fingerprint density at radius 2 is 0.988 bits per heavy atom. The Kier molecular flexibility index (Phi) is 29.8. The third-order valence-corrected chi connectivity index (χ3v) is 17.7. The largest absolute Gasteiger partial charge is 0.457 e. The third kappa shape index (κ3) is 19.8. The van der Waals surface area contributed by atoms with Crippen molar-refractivity contribution in [3.05, 3.63) is 0 Å². The van der Waals surface area contributed by atoms with Crippen LogP contribution in [0.4, 0.5) is 0 Å². The summed E-state index contributed by atoms with van der Waals surface area (Å²) in [5.74, 6) is -2.58. The van der Waals surface area contributed by atoms with Crippen LogP contribution in [0.1, 0.15) is 204 Å². The second kappa shape index (κ2) is 35.3. The maximum atomic E-state index is 14.2. The minimum atomic E-state index is -1.90. The van der Waals surface area contributed by atoms with Gasteiger partial charge in [0.05, 0.1) is 42.5 Å². The molecule has 0 aromatic rings. The molecule has 0 bridgehead atoms. The van der Waals surface area contributed by atoms with E-state index in [4.69, 9.17) is 61.6 Å². The summed E-state index contributed by atoms with van der Waals surface area (Å²) < 4.78 is 82.2. The number of carbonyl (C=O) groups excluding carboxylic acids is 3. The van der Waals surface area contributed by atoms with Crippen LogP contribution in [0.2, 0.25) is 0 Å². The van der Waals surface area contributed by atoms with Gasteiger partial charge in [-0.1, -0.05) is 124 Å². The minimum absolute atomic E-state index is 0.0213. The molecule has 0 spiro atoms. The number of fused-ring (bicyclic) bond motifs is 2. The monoisotopic (exact) mass is 1220 g/mol. The zero-order valence-corrected chi connectivity index (χ0v) is 51.8. The molecule has 0 saturated carbocycles. The van der Waals surface area contributed by atoms with Gasteiger partial charge >= 0.3 is 17.9 Å². The van der Waals surface area contributed by atoms with Gasteiger partial charge in [-0.05, 0) is 66.7 Å². The van der Waals surface area contributed by atoms with E-state index in [1.165, 1.54) is 20.8 Å². The average molecular weight is 1220 g/mol. The molecule has 24 nitrogen and oxygen atoms in total. The Morgan fingerprint density at radius 1 is 0.471 bits per heavy atom. The van der Waals surface area contributed by atoms with Crippen molar-refractivity contribution in [1.82, 2.24) is 0 Å². The van der Waals surface area contributed by atoms with Gasteiger partial charge in [0.2, 0.25) is 0 Å². The molecule has 0 amide bonds. The van der Waals surface area contributed by atoms with Crippen molar-refractivity contribution >= 4 is 17.9 Å². The van der Waals surface area contributed by atoms with Gasteiger partial charge in [-0.3, -0.25) is 14.4 Å². The second-order valence-electron chi connectivity index (χ2n) is 24.6. The average Bonchev–Trinajstić information content (AvgIpc) is 2.40. The molecule has 27 unspecified atom stereocenters. The van der Waals surface area contributed by atoms with E-state index in [0.29, 0.717) is 32.1 Å². The molecule has 0 aromatic carbocycles.